The monoisotopic (exact) mass is 117 g/mol. The number of rotatable bonds is 0. The smallest absolute Gasteiger partial charge is 0.0170 e. The molecule has 1 saturated carbocycles. The molecule has 0 aromatic rings. The highest BCUT2D eigenvalue weighted by Gasteiger charge is 2.44. The van der Waals surface area contributed by atoms with Gasteiger partial charge in [-0.1, -0.05) is 0 Å². The second kappa shape index (κ2) is 1.15. The van der Waals surface area contributed by atoms with Gasteiger partial charge >= 0.3 is 0 Å². The second-order valence-corrected chi connectivity index (χ2v) is 3.06. The SMILES string of the molecule is ClN1C[C@H]2C[C@H]2C1. The van der Waals surface area contributed by atoms with Crippen LogP contribution in [0.3, 0.4) is 0 Å². The highest BCUT2D eigenvalue weighted by atomic mass is 35.5. The van der Waals surface area contributed by atoms with Gasteiger partial charge < -0.3 is 0 Å². The molecule has 40 valence electrons. The maximum atomic E-state index is 5.67. The summed E-state index contributed by atoms with van der Waals surface area (Å²) in [6.45, 7) is 2.29. The first-order chi connectivity index (χ1) is 3.36. The Kier molecular flexibility index (Phi) is 0.682. The van der Waals surface area contributed by atoms with Crippen molar-refractivity contribution in [3.8, 4) is 0 Å². The highest BCUT2D eigenvalue weighted by molar-refractivity contribution is 6.13. The highest BCUT2D eigenvalue weighted by Crippen LogP contribution is 2.45. The maximum absolute atomic E-state index is 5.67. The molecule has 0 aromatic carbocycles. The predicted octanol–water partition coefficient (Wildman–Crippen LogP) is 1.09. The molecule has 2 heteroatoms. The van der Waals surface area contributed by atoms with Crippen LogP contribution in [0.15, 0.2) is 0 Å². The Morgan fingerprint density at radius 2 is 1.86 bits per heavy atom. The van der Waals surface area contributed by atoms with Crippen molar-refractivity contribution in [3.63, 3.8) is 0 Å². The number of fused-ring (bicyclic) bond motifs is 1. The van der Waals surface area contributed by atoms with Crippen molar-refractivity contribution in [1.82, 2.24) is 4.42 Å². The van der Waals surface area contributed by atoms with E-state index in [0.29, 0.717) is 0 Å². The molecule has 0 unspecified atom stereocenters. The molecule has 0 bridgehead atoms. The van der Waals surface area contributed by atoms with Crippen molar-refractivity contribution in [2.75, 3.05) is 13.1 Å². The molecule has 2 rings (SSSR count). The summed E-state index contributed by atoms with van der Waals surface area (Å²) in [5.74, 6) is 1.97. The fourth-order valence-corrected chi connectivity index (χ4v) is 1.70. The minimum atomic E-state index is 0.984. The van der Waals surface area contributed by atoms with Gasteiger partial charge in [0.25, 0.3) is 0 Å². The van der Waals surface area contributed by atoms with E-state index in [1.807, 2.05) is 4.42 Å². The van der Waals surface area contributed by atoms with Crippen molar-refractivity contribution in [2.24, 2.45) is 11.8 Å². The fourth-order valence-electron chi connectivity index (χ4n) is 1.34. The minimum absolute atomic E-state index is 0.984. The average molecular weight is 118 g/mol. The number of hydrogen-bond donors (Lipinski definition) is 0. The van der Waals surface area contributed by atoms with E-state index in [1.54, 1.807) is 0 Å². The second-order valence-electron chi connectivity index (χ2n) is 2.58. The quantitative estimate of drug-likeness (QED) is 0.430. The van der Waals surface area contributed by atoms with E-state index in [2.05, 4.69) is 0 Å². The average Bonchev–Trinajstić information content (AvgIpc) is 2.15. The van der Waals surface area contributed by atoms with Gasteiger partial charge in [-0.25, -0.2) is 4.42 Å². The first kappa shape index (κ1) is 4.16. The molecule has 0 spiro atoms. The van der Waals surface area contributed by atoms with Crippen LogP contribution in [0.1, 0.15) is 6.42 Å². The summed E-state index contributed by atoms with van der Waals surface area (Å²) in [6, 6.07) is 0. The lowest BCUT2D eigenvalue weighted by molar-refractivity contribution is 0.501. The van der Waals surface area contributed by atoms with E-state index in [4.69, 9.17) is 11.8 Å². The Hall–Kier alpha value is 0.250. The molecular weight excluding hydrogens is 110 g/mol. The lowest BCUT2D eigenvalue weighted by atomic mass is 10.4. The summed E-state index contributed by atoms with van der Waals surface area (Å²) >= 11 is 5.67. The molecule has 1 heterocycles. The van der Waals surface area contributed by atoms with Gasteiger partial charge in [-0.15, -0.1) is 0 Å². The van der Waals surface area contributed by atoms with Crippen molar-refractivity contribution in [1.29, 1.82) is 0 Å². The largest absolute Gasteiger partial charge is 0.220 e. The van der Waals surface area contributed by atoms with E-state index in [0.717, 1.165) is 24.9 Å². The van der Waals surface area contributed by atoms with Crippen molar-refractivity contribution in [3.05, 3.63) is 0 Å². The van der Waals surface area contributed by atoms with Gasteiger partial charge in [-0.3, -0.25) is 0 Å². The van der Waals surface area contributed by atoms with Crippen LogP contribution in [-0.2, 0) is 0 Å². The summed E-state index contributed by atoms with van der Waals surface area (Å²) in [4.78, 5) is 0. The van der Waals surface area contributed by atoms with Crippen LogP contribution in [0.25, 0.3) is 0 Å². The first-order valence-electron chi connectivity index (χ1n) is 2.77. The first-order valence-corrected chi connectivity index (χ1v) is 3.11. The van der Waals surface area contributed by atoms with Gasteiger partial charge in [0, 0.05) is 13.1 Å². The number of hydrogen-bond acceptors (Lipinski definition) is 1. The molecular formula is C5H8ClN. The molecule has 0 amide bonds. The summed E-state index contributed by atoms with van der Waals surface area (Å²) in [7, 11) is 0. The zero-order chi connectivity index (χ0) is 4.85. The van der Waals surface area contributed by atoms with E-state index in [1.165, 1.54) is 6.42 Å². The van der Waals surface area contributed by atoms with Gasteiger partial charge in [0.15, 0.2) is 0 Å². The zero-order valence-corrected chi connectivity index (χ0v) is 4.86. The standard InChI is InChI=1S/C5H8ClN/c6-7-2-4-1-5(4)3-7/h4-5H,1-3H2/t4-,5+. The van der Waals surface area contributed by atoms with Crippen molar-refractivity contribution >= 4 is 11.8 Å². The molecule has 1 saturated heterocycles. The van der Waals surface area contributed by atoms with Gasteiger partial charge in [0.2, 0.25) is 0 Å². The molecule has 1 nitrogen and oxygen atoms in total. The third-order valence-corrected chi connectivity index (χ3v) is 2.21. The zero-order valence-electron chi connectivity index (χ0n) is 4.10. The lowest BCUT2D eigenvalue weighted by Gasteiger charge is -2.02. The van der Waals surface area contributed by atoms with E-state index >= 15 is 0 Å². The Bertz CT molecular complexity index is 84.1. The van der Waals surface area contributed by atoms with Crippen molar-refractivity contribution < 1.29 is 0 Å². The van der Waals surface area contributed by atoms with Gasteiger partial charge in [-0.05, 0) is 30.0 Å². The molecule has 2 fully saturated rings. The molecule has 7 heavy (non-hydrogen) atoms. The summed E-state index contributed by atoms with van der Waals surface area (Å²) < 4.78 is 1.90. The number of nitrogens with zero attached hydrogens (tertiary/aromatic N) is 1. The molecule has 2 atom stereocenters. The van der Waals surface area contributed by atoms with Crippen molar-refractivity contribution in [2.45, 2.75) is 6.42 Å². The summed E-state index contributed by atoms with van der Waals surface area (Å²) in [5, 5.41) is 0. The topological polar surface area (TPSA) is 3.24 Å². The van der Waals surface area contributed by atoms with Crippen LogP contribution in [-0.4, -0.2) is 17.5 Å². The van der Waals surface area contributed by atoms with Crippen LogP contribution >= 0.6 is 11.8 Å². The summed E-state index contributed by atoms with van der Waals surface area (Å²) in [5.41, 5.74) is 0. The molecule has 2 aliphatic rings. The molecule has 1 aliphatic carbocycles. The predicted molar refractivity (Wildman–Crippen MR) is 29.0 cm³/mol. The Morgan fingerprint density at radius 1 is 1.29 bits per heavy atom. The summed E-state index contributed by atoms with van der Waals surface area (Å²) in [6.07, 6.45) is 1.45. The Balaban J connectivity index is 2.02. The Morgan fingerprint density at radius 3 is 2.14 bits per heavy atom. The third kappa shape index (κ3) is 0.556. The van der Waals surface area contributed by atoms with E-state index < -0.39 is 0 Å². The minimum Gasteiger partial charge on any atom is -0.220 e. The molecule has 0 radical (unpaired) electrons. The lowest BCUT2D eigenvalue weighted by Crippen LogP contribution is -2.08. The van der Waals surface area contributed by atoms with Crippen LogP contribution in [0.4, 0.5) is 0 Å². The van der Waals surface area contributed by atoms with Gasteiger partial charge in [0.05, 0.1) is 0 Å². The molecule has 0 aromatic heterocycles. The maximum Gasteiger partial charge on any atom is 0.0170 e. The normalized spacial score (nSPS) is 49.3. The molecule has 0 N–H and O–H groups in total. The van der Waals surface area contributed by atoms with E-state index in [-0.39, 0.29) is 0 Å². The van der Waals surface area contributed by atoms with E-state index in [9.17, 15) is 0 Å². The number of halogens is 1. The Labute approximate surface area is 48.4 Å². The fraction of sp³-hybridized carbons (Fsp3) is 1.00. The van der Waals surface area contributed by atoms with Crippen LogP contribution in [0.5, 0.6) is 0 Å². The third-order valence-electron chi connectivity index (χ3n) is 1.93. The van der Waals surface area contributed by atoms with Gasteiger partial charge in [-0.2, -0.15) is 0 Å². The molecule has 1 aliphatic heterocycles. The number of piperidine rings is 1. The van der Waals surface area contributed by atoms with Crippen LogP contribution in [0.2, 0.25) is 0 Å². The van der Waals surface area contributed by atoms with Crippen LogP contribution < -0.4 is 0 Å². The van der Waals surface area contributed by atoms with Gasteiger partial charge in [0.1, 0.15) is 0 Å². The van der Waals surface area contributed by atoms with Crippen LogP contribution in [0, 0.1) is 11.8 Å².